The average Bonchev–Trinajstić information content (AvgIpc) is 3.83. The Morgan fingerprint density at radius 1 is 0.585 bits per heavy atom. The molecule has 11 rings (SSSR count). The number of fused-ring (bicyclic) bond motifs is 12. The molecule has 6 aromatic carbocycles. The summed E-state index contributed by atoms with van der Waals surface area (Å²) >= 11 is 0. The lowest BCUT2D eigenvalue weighted by Gasteiger charge is -2.42. The average molecular weight is 684 g/mol. The third-order valence-electron chi connectivity index (χ3n) is 11.0. The van der Waals surface area contributed by atoms with Crippen LogP contribution in [0.5, 0.6) is 11.5 Å². The number of rotatable bonds is 4. The van der Waals surface area contributed by atoms with Crippen LogP contribution in [0.1, 0.15) is 25.0 Å². The van der Waals surface area contributed by atoms with E-state index in [-0.39, 0.29) is 5.41 Å². The van der Waals surface area contributed by atoms with E-state index in [9.17, 15) is 0 Å². The number of aromatic nitrogens is 4. The van der Waals surface area contributed by atoms with Gasteiger partial charge in [0.25, 0.3) is 0 Å². The molecule has 6 nitrogen and oxygen atoms in total. The van der Waals surface area contributed by atoms with Crippen molar-refractivity contribution in [2.75, 3.05) is 4.90 Å². The summed E-state index contributed by atoms with van der Waals surface area (Å²) in [6, 6.07) is 51.3. The molecule has 0 bridgehead atoms. The van der Waals surface area contributed by atoms with Crippen LogP contribution in [0.25, 0.3) is 54.8 Å². The second kappa shape index (κ2) is 11.0. The molecule has 0 atom stereocenters. The van der Waals surface area contributed by atoms with Crippen molar-refractivity contribution in [3.05, 3.63) is 175 Å². The number of para-hydroxylation sites is 4. The van der Waals surface area contributed by atoms with Gasteiger partial charge in [-0.2, -0.15) is 0 Å². The SMILES string of the molecule is CC1(C)c2ccccc2N(c2ccccn2)c2cc(Oc3ccc4c5ccccc5n5ccnc5c4c3)c3c(c21)c1ccccc1n3-c1ccccc1. The highest BCUT2D eigenvalue weighted by atomic mass is 16.5. The largest absolute Gasteiger partial charge is 0.455 e. The fourth-order valence-corrected chi connectivity index (χ4v) is 8.79. The van der Waals surface area contributed by atoms with Gasteiger partial charge in [-0.05, 0) is 77.2 Å². The molecule has 252 valence electrons. The Kier molecular flexibility index (Phi) is 6.20. The highest BCUT2D eigenvalue weighted by Gasteiger charge is 2.41. The molecule has 53 heavy (non-hydrogen) atoms. The lowest BCUT2D eigenvalue weighted by molar-refractivity contribution is 0.487. The molecule has 5 heterocycles. The minimum Gasteiger partial charge on any atom is -0.455 e. The number of pyridine rings is 2. The molecule has 4 aromatic heterocycles. The lowest BCUT2D eigenvalue weighted by atomic mass is 9.72. The summed E-state index contributed by atoms with van der Waals surface area (Å²) in [6.07, 6.45) is 5.76. The van der Waals surface area contributed by atoms with E-state index in [4.69, 9.17) is 14.7 Å². The van der Waals surface area contributed by atoms with Gasteiger partial charge in [0.1, 0.15) is 17.2 Å². The first kappa shape index (κ1) is 29.8. The molecule has 1 aliphatic rings. The molecule has 0 N–H and O–H groups in total. The van der Waals surface area contributed by atoms with Crippen molar-refractivity contribution in [2.45, 2.75) is 19.3 Å². The Labute approximate surface area is 305 Å². The summed E-state index contributed by atoms with van der Waals surface area (Å²) in [7, 11) is 0. The molecule has 0 saturated carbocycles. The number of imidazole rings is 1. The van der Waals surface area contributed by atoms with Crippen LogP contribution in [0.15, 0.2) is 164 Å². The van der Waals surface area contributed by atoms with Crippen LogP contribution >= 0.6 is 0 Å². The van der Waals surface area contributed by atoms with Crippen LogP contribution in [-0.2, 0) is 5.41 Å². The molecule has 0 saturated heterocycles. The summed E-state index contributed by atoms with van der Waals surface area (Å²) in [5.41, 5.74) is 9.53. The van der Waals surface area contributed by atoms with E-state index in [0.29, 0.717) is 0 Å². The zero-order valence-corrected chi connectivity index (χ0v) is 29.2. The number of hydrogen-bond acceptors (Lipinski definition) is 4. The van der Waals surface area contributed by atoms with E-state index in [0.717, 1.165) is 67.3 Å². The number of ether oxygens (including phenoxy) is 1. The monoisotopic (exact) mass is 683 g/mol. The molecule has 0 spiro atoms. The Bertz CT molecular complexity index is 3070. The molecule has 0 radical (unpaired) electrons. The fourth-order valence-electron chi connectivity index (χ4n) is 8.79. The minimum atomic E-state index is -0.351. The van der Waals surface area contributed by atoms with Crippen LogP contribution in [0.4, 0.5) is 17.2 Å². The van der Waals surface area contributed by atoms with Crippen molar-refractivity contribution < 1.29 is 4.74 Å². The van der Waals surface area contributed by atoms with E-state index in [1.165, 1.54) is 27.3 Å². The van der Waals surface area contributed by atoms with Crippen LogP contribution in [-0.4, -0.2) is 18.9 Å². The second-order valence-electron chi connectivity index (χ2n) is 14.3. The van der Waals surface area contributed by atoms with E-state index >= 15 is 0 Å². The van der Waals surface area contributed by atoms with E-state index in [1.54, 1.807) is 0 Å². The standard InChI is InChI=1S/C47H33N5O/c1-47(2)36-18-8-11-21-39(36)52(42-22-12-13-25-48-42)40-29-41(45-43(44(40)47)34-17-7-10-20-38(34)51(45)30-14-4-3-5-15-30)53-31-23-24-32-33-16-6-9-19-37(33)50-27-26-49-46(50)35(32)28-31/h3-29H,1-2H3. The van der Waals surface area contributed by atoms with Crippen molar-refractivity contribution in [3.63, 3.8) is 0 Å². The van der Waals surface area contributed by atoms with Crippen molar-refractivity contribution in [2.24, 2.45) is 0 Å². The predicted molar refractivity (Wildman–Crippen MR) is 216 cm³/mol. The van der Waals surface area contributed by atoms with Crippen molar-refractivity contribution in [1.82, 2.24) is 18.9 Å². The van der Waals surface area contributed by atoms with Gasteiger partial charge in [-0.15, -0.1) is 0 Å². The Morgan fingerprint density at radius 3 is 2.19 bits per heavy atom. The minimum absolute atomic E-state index is 0.351. The van der Waals surface area contributed by atoms with Gasteiger partial charge in [-0.1, -0.05) is 92.7 Å². The highest BCUT2D eigenvalue weighted by Crippen LogP contribution is 2.57. The van der Waals surface area contributed by atoms with Crippen molar-refractivity contribution >= 4 is 66.3 Å². The molecule has 6 heteroatoms. The second-order valence-corrected chi connectivity index (χ2v) is 14.3. The van der Waals surface area contributed by atoms with Gasteiger partial charge < -0.3 is 9.30 Å². The Hall–Kier alpha value is -6.92. The third kappa shape index (κ3) is 4.20. The first-order valence-corrected chi connectivity index (χ1v) is 18.0. The topological polar surface area (TPSA) is 47.6 Å². The summed E-state index contributed by atoms with van der Waals surface area (Å²) < 4.78 is 11.8. The molecule has 1 aliphatic heterocycles. The smallest absolute Gasteiger partial charge is 0.154 e. The number of anilines is 3. The fraction of sp³-hybridized carbons (Fsp3) is 0.0638. The normalized spacial score (nSPS) is 13.6. The predicted octanol–water partition coefficient (Wildman–Crippen LogP) is 12.0. The number of nitrogens with zero attached hydrogens (tertiary/aromatic N) is 5. The van der Waals surface area contributed by atoms with Crippen LogP contribution in [0.3, 0.4) is 0 Å². The van der Waals surface area contributed by atoms with Crippen molar-refractivity contribution in [1.29, 1.82) is 0 Å². The molecule has 0 amide bonds. The van der Waals surface area contributed by atoms with Gasteiger partial charge in [-0.3, -0.25) is 9.30 Å². The van der Waals surface area contributed by atoms with Crippen LogP contribution in [0.2, 0.25) is 0 Å². The zero-order valence-electron chi connectivity index (χ0n) is 29.2. The quantitative estimate of drug-likeness (QED) is 0.173. The first-order valence-electron chi connectivity index (χ1n) is 18.0. The van der Waals surface area contributed by atoms with Gasteiger partial charge in [-0.25, -0.2) is 9.97 Å². The van der Waals surface area contributed by atoms with Gasteiger partial charge in [0.15, 0.2) is 5.75 Å². The molecule has 0 unspecified atom stereocenters. The maximum Gasteiger partial charge on any atom is 0.154 e. The van der Waals surface area contributed by atoms with Gasteiger partial charge in [0, 0.05) is 57.3 Å². The van der Waals surface area contributed by atoms with E-state index in [2.05, 4.69) is 167 Å². The molecule has 0 aliphatic carbocycles. The summed E-state index contributed by atoms with van der Waals surface area (Å²) in [5.74, 6) is 2.35. The Morgan fingerprint density at radius 2 is 1.34 bits per heavy atom. The van der Waals surface area contributed by atoms with Gasteiger partial charge >= 0.3 is 0 Å². The molecule has 10 aromatic rings. The van der Waals surface area contributed by atoms with Crippen LogP contribution < -0.4 is 9.64 Å². The molecule has 0 fully saturated rings. The van der Waals surface area contributed by atoms with E-state index < -0.39 is 0 Å². The van der Waals surface area contributed by atoms with E-state index in [1.807, 2.05) is 24.7 Å². The zero-order chi connectivity index (χ0) is 35.3. The highest BCUT2D eigenvalue weighted by molar-refractivity contribution is 6.17. The Balaban J connectivity index is 1.26. The molecular weight excluding hydrogens is 651 g/mol. The number of hydrogen-bond donors (Lipinski definition) is 0. The summed E-state index contributed by atoms with van der Waals surface area (Å²) in [5, 5.41) is 5.69. The lowest BCUT2D eigenvalue weighted by Crippen LogP contribution is -2.31. The number of benzene rings is 6. The maximum absolute atomic E-state index is 7.23. The van der Waals surface area contributed by atoms with Crippen molar-refractivity contribution in [3.8, 4) is 17.2 Å². The third-order valence-corrected chi connectivity index (χ3v) is 11.0. The molecular formula is C47H33N5O. The maximum atomic E-state index is 7.23. The summed E-state index contributed by atoms with van der Waals surface area (Å²) in [4.78, 5) is 12.0. The summed E-state index contributed by atoms with van der Waals surface area (Å²) in [6.45, 7) is 4.69. The van der Waals surface area contributed by atoms with Gasteiger partial charge in [0.2, 0.25) is 0 Å². The first-order chi connectivity index (χ1) is 26.1. The van der Waals surface area contributed by atoms with Crippen LogP contribution in [0, 0.1) is 0 Å². The van der Waals surface area contributed by atoms with Gasteiger partial charge in [0.05, 0.1) is 27.9 Å².